The average Bonchev–Trinajstić information content (AvgIpc) is 2.74. The second-order valence-electron chi connectivity index (χ2n) is 6.60. The third-order valence-corrected chi connectivity index (χ3v) is 5.29. The number of hydrogen-bond acceptors (Lipinski definition) is 3. The van der Waals surface area contributed by atoms with Crippen molar-refractivity contribution in [2.24, 2.45) is 0 Å². The zero-order valence-corrected chi connectivity index (χ0v) is 18.0. The molecule has 1 N–H and O–H groups in total. The van der Waals surface area contributed by atoms with Gasteiger partial charge in [0.15, 0.2) is 0 Å². The summed E-state index contributed by atoms with van der Waals surface area (Å²) in [6.07, 6.45) is 0.483. The van der Waals surface area contributed by atoms with Gasteiger partial charge >= 0.3 is 5.97 Å². The molecule has 0 spiro atoms. The summed E-state index contributed by atoms with van der Waals surface area (Å²) < 4.78 is 5.44. The minimum Gasteiger partial charge on any atom is -0.460 e. The fourth-order valence-corrected chi connectivity index (χ4v) is 3.32. The fourth-order valence-electron chi connectivity index (χ4n) is 2.83. The normalized spacial score (nSPS) is 11.6. The smallest absolute Gasteiger partial charge is 0.338 e. The first-order valence-corrected chi connectivity index (χ1v) is 10.3. The van der Waals surface area contributed by atoms with Gasteiger partial charge in [-0.1, -0.05) is 71.2 Å². The van der Waals surface area contributed by atoms with E-state index in [2.05, 4.69) is 5.32 Å². The van der Waals surface area contributed by atoms with Crippen LogP contribution in [0.4, 0.5) is 0 Å². The number of hydrogen-bond donors (Lipinski definition) is 1. The number of halogens is 3. The van der Waals surface area contributed by atoms with Crippen molar-refractivity contribution in [3.63, 3.8) is 0 Å². The number of benzene rings is 3. The number of esters is 1. The van der Waals surface area contributed by atoms with Gasteiger partial charge in [-0.3, -0.25) is 4.79 Å². The monoisotopic (exact) mass is 461 g/mol. The van der Waals surface area contributed by atoms with E-state index in [4.69, 9.17) is 39.5 Å². The molecule has 0 radical (unpaired) electrons. The third kappa shape index (κ3) is 6.23. The molecule has 0 aliphatic heterocycles. The summed E-state index contributed by atoms with van der Waals surface area (Å²) in [5, 5.41) is 4.00. The lowest BCUT2D eigenvalue weighted by Gasteiger charge is -2.19. The molecule has 0 saturated heterocycles. The average molecular weight is 463 g/mol. The molecule has 30 heavy (non-hydrogen) atoms. The molecular formula is C23H18Cl3NO3. The predicted octanol–water partition coefficient (Wildman–Crippen LogP) is 5.84. The summed E-state index contributed by atoms with van der Waals surface area (Å²) in [5.41, 5.74) is 1.70. The maximum Gasteiger partial charge on any atom is 0.338 e. The van der Waals surface area contributed by atoms with Crippen LogP contribution in [-0.2, 0) is 11.2 Å². The molecule has 1 atom stereocenters. The fraction of sp³-hybridized carbons (Fsp3) is 0.130. The van der Waals surface area contributed by atoms with E-state index in [1.165, 1.54) is 12.1 Å². The standard InChI is InChI=1S/C23H18Cl3NO3/c24-18-8-4-7-17(12-18)23(29)30-14-19(11-15-5-2-1-3-6-15)27-22(28)16-9-10-20(25)21(26)13-16/h1-10,12-13,19H,11,14H2,(H,27,28). The molecule has 7 heteroatoms. The van der Waals surface area contributed by atoms with Crippen molar-refractivity contribution in [2.45, 2.75) is 12.5 Å². The van der Waals surface area contributed by atoms with Crippen LogP contribution in [0.5, 0.6) is 0 Å². The Kier molecular flexibility index (Phi) is 7.75. The van der Waals surface area contributed by atoms with E-state index in [9.17, 15) is 9.59 Å². The summed E-state index contributed by atoms with van der Waals surface area (Å²) in [6, 6.07) is 20.3. The van der Waals surface area contributed by atoms with Gasteiger partial charge in [0.2, 0.25) is 0 Å². The van der Waals surface area contributed by atoms with Crippen LogP contribution in [0.15, 0.2) is 72.8 Å². The van der Waals surface area contributed by atoms with Gasteiger partial charge in [-0.05, 0) is 48.4 Å². The van der Waals surface area contributed by atoms with Gasteiger partial charge in [-0.15, -0.1) is 0 Å². The van der Waals surface area contributed by atoms with Crippen molar-refractivity contribution in [1.29, 1.82) is 0 Å². The van der Waals surface area contributed by atoms with Crippen LogP contribution in [0.25, 0.3) is 0 Å². The van der Waals surface area contributed by atoms with E-state index >= 15 is 0 Å². The van der Waals surface area contributed by atoms with Gasteiger partial charge < -0.3 is 10.1 Å². The molecular weight excluding hydrogens is 445 g/mol. The highest BCUT2D eigenvalue weighted by Gasteiger charge is 2.18. The van der Waals surface area contributed by atoms with E-state index < -0.39 is 12.0 Å². The highest BCUT2D eigenvalue weighted by molar-refractivity contribution is 6.42. The second kappa shape index (κ2) is 10.5. The molecule has 0 aliphatic rings. The van der Waals surface area contributed by atoms with E-state index in [0.29, 0.717) is 27.6 Å². The summed E-state index contributed by atoms with van der Waals surface area (Å²) in [4.78, 5) is 25.1. The number of nitrogens with one attached hydrogen (secondary N) is 1. The molecule has 1 unspecified atom stereocenters. The van der Waals surface area contributed by atoms with Crippen molar-refractivity contribution in [1.82, 2.24) is 5.32 Å². The Morgan fingerprint density at radius 3 is 2.30 bits per heavy atom. The van der Waals surface area contributed by atoms with Gasteiger partial charge in [0.1, 0.15) is 6.61 Å². The van der Waals surface area contributed by atoms with Crippen LogP contribution < -0.4 is 5.32 Å². The highest BCUT2D eigenvalue weighted by Crippen LogP contribution is 2.22. The first-order chi connectivity index (χ1) is 14.4. The minimum atomic E-state index is -0.514. The van der Waals surface area contributed by atoms with Crippen LogP contribution in [0.1, 0.15) is 26.3 Å². The quantitative estimate of drug-likeness (QED) is 0.448. The number of rotatable bonds is 7. The van der Waals surface area contributed by atoms with Gasteiger partial charge in [0.05, 0.1) is 21.7 Å². The number of carbonyl (C=O) groups excluding carboxylic acids is 2. The van der Waals surface area contributed by atoms with Crippen LogP contribution in [0.3, 0.4) is 0 Å². The summed E-state index contributed by atoms with van der Waals surface area (Å²) >= 11 is 17.9. The summed E-state index contributed by atoms with van der Waals surface area (Å²) in [6.45, 7) is -0.00664. The Hall–Kier alpha value is -2.53. The Bertz CT molecular complexity index is 1040. The van der Waals surface area contributed by atoms with Gasteiger partial charge in [-0.25, -0.2) is 4.79 Å². The number of ether oxygens (including phenoxy) is 1. The SMILES string of the molecule is O=C(NC(COC(=O)c1cccc(Cl)c1)Cc1ccccc1)c1ccc(Cl)c(Cl)c1. The van der Waals surface area contributed by atoms with Crippen molar-refractivity contribution >= 4 is 46.7 Å². The first-order valence-electron chi connectivity index (χ1n) is 9.15. The molecule has 3 aromatic rings. The lowest BCUT2D eigenvalue weighted by molar-refractivity contribution is 0.0456. The van der Waals surface area contributed by atoms with E-state index in [1.807, 2.05) is 30.3 Å². The van der Waals surface area contributed by atoms with Crippen LogP contribution in [-0.4, -0.2) is 24.5 Å². The highest BCUT2D eigenvalue weighted by atomic mass is 35.5. The van der Waals surface area contributed by atoms with Crippen molar-refractivity contribution in [2.75, 3.05) is 6.61 Å². The van der Waals surface area contributed by atoms with Gasteiger partial charge in [0, 0.05) is 10.6 Å². The topological polar surface area (TPSA) is 55.4 Å². The molecule has 0 fully saturated rings. The molecule has 0 aromatic heterocycles. The zero-order valence-electron chi connectivity index (χ0n) is 15.8. The second-order valence-corrected chi connectivity index (χ2v) is 7.85. The van der Waals surface area contributed by atoms with Crippen molar-refractivity contribution in [3.05, 3.63) is 105 Å². The third-order valence-electron chi connectivity index (χ3n) is 4.32. The van der Waals surface area contributed by atoms with Crippen LogP contribution >= 0.6 is 34.8 Å². The molecule has 0 heterocycles. The van der Waals surface area contributed by atoms with Crippen LogP contribution in [0.2, 0.25) is 15.1 Å². The van der Waals surface area contributed by atoms with Crippen LogP contribution in [0, 0.1) is 0 Å². The molecule has 4 nitrogen and oxygen atoms in total. The predicted molar refractivity (Wildman–Crippen MR) is 120 cm³/mol. The Balaban J connectivity index is 1.71. The molecule has 3 aromatic carbocycles. The van der Waals surface area contributed by atoms with E-state index in [-0.39, 0.29) is 17.5 Å². The van der Waals surface area contributed by atoms with Crippen molar-refractivity contribution in [3.8, 4) is 0 Å². The van der Waals surface area contributed by atoms with E-state index in [0.717, 1.165) is 5.56 Å². The maximum absolute atomic E-state index is 12.7. The molecule has 1 amide bonds. The number of carbonyl (C=O) groups is 2. The Labute approximate surface area is 189 Å². The van der Waals surface area contributed by atoms with Crippen molar-refractivity contribution < 1.29 is 14.3 Å². The lowest BCUT2D eigenvalue weighted by Crippen LogP contribution is -2.40. The number of amides is 1. The van der Waals surface area contributed by atoms with Gasteiger partial charge in [0.25, 0.3) is 5.91 Å². The minimum absolute atomic E-state index is 0.00664. The molecule has 0 bridgehead atoms. The largest absolute Gasteiger partial charge is 0.460 e. The maximum atomic E-state index is 12.7. The van der Waals surface area contributed by atoms with E-state index in [1.54, 1.807) is 30.3 Å². The lowest BCUT2D eigenvalue weighted by atomic mass is 10.1. The molecule has 0 saturated carbocycles. The van der Waals surface area contributed by atoms with Gasteiger partial charge in [-0.2, -0.15) is 0 Å². The first kappa shape index (κ1) is 22.2. The zero-order chi connectivity index (χ0) is 21.5. The molecule has 3 rings (SSSR count). The Morgan fingerprint density at radius 2 is 1.60 bits per heavy atom. The molecule has 0 aliphatic carbocycles. The molecule has 154 valence electrons. The summed E-state index contributed by atoms with van der Waals surface area (Å²) in [7, 11) is 0. The summed E-state index contributed by atoms with van der Waals surface area (Å²) in [5.74, 6) is -0.854. The Morgan fingerprint density at radius 1 is 0.833 bits per heavy atom.